The highest BCUT2D eigenvalue weighted by Crippen LogP contribution is 2.21. The molecule has 6 heteroatoms. The Kier molecular flexibility index (Phi) is 4.35. The number of nitrogens with one attached hydrogen (secondary N) is 1. The molecule has 0 bridgehead atoms. The largest absolute Gasteiger partial charge is 0.396 e. The minimum Gasteiger partial charge on any atom is -0.396 e. The Labute approximate surface area is 112 Å². The van der Waals surface area contributed by atoms with Crippen LogP contribution in [0.1, 0.15) is 6.42 Å². The molecule has 0 spiro atoms. The van der Waals surface area contributed by atoms with Crippen molar-refractivity contribution in [1.82, 2.24) is 15.0 Å². The number of aliphatic hydroxyl groups is 1. The molecule has 0 unspecified atom stereocenters. The van der Waals surface area contributed by atoms with Gasteiger partial charge in [0.1, 0.15) is 23.8 Å². The van der Waals surface area contributed by atoms with Crippen LogP contribution in [0.5, 0.6) is 0 Å². The highest BCUT2D eigenvalue weighted by Gasteiger charge is 2.09. The van der Waals surface area contributed by atoms with Crippen molar-refractivity contribution < 1.29 is 5.11 Å². The lowest BCUT2D eigenvalue weighted by molar-refractivity contribution is 0.290. The molecular formula is C13H19N5O. The molecule has 0 aliphatic rings. The van der Waals surface area contributed by atoms with Crippen molar-refractivity contribution in [1.29, 1.82) is 0 Å². The molecule has 0 atom stereocenters. The van der Waals surface area contributed by atoms with Gasteiger partial charge in [-0.05, 0) is 18.6 Å². The van der Waals surface area contributed by atoms with E-state index in [1.807, 2.05) is 48.3 Å². The summed E-state index contributed by atoms with van der Waals surface area (Å²) in [4.78, 5) is 15.6. The monoisotopic (exact) mass is 261 g/mol. The van der Waals surface area contributed by atoms with Crippen molar-refractivity contribution in [2.75, 3.05) is 37.0 Å². The van der Waals surface area contributed by atoms with Crippen LogP contribution in [0.3, 0.4) is 0 Å². The first-order valence-corrected chi connectivity index (χ1v) is 6.23. The SMILES string of the molecule is CN(CCCO)c1cc(N(C)c2ccc[nH]2)ncn1. The van der Waals surface area contributed by atoms with Gasteiger partial charge in [-0.3, -0.25) is 0 Å². The number of aliphatic hydroxyl groups excluding tert-OH is 1. The Morgan fingerprint density at radius 3 is 2.74 bits per heavy atom. The summed E-state index contributed by atoms with van der Waals surface area (Å²) in [5, 5.41) is 8.86. The highest BCUT2D eigenvalue weighted by molar-refractivity contribution is 5.58. The molecule has 0 aromatic carbocycles. The van der Waals surface area contributed by atoms with Crippen LogP contribution < -0.4 is 9.80 Å². The van der Waals surface area contributed by atoms with Gasteiger partial charge in [-0.2, -0.15) is 0 Å². The fraction of sp³-hybridized carbons (Fsp3) is 0.385. The first kappa shape index (κ1) is 13.4. The molecule has 2 heterocycles. The van der Waals surface area contributed by atoms with Crippen LogP contribution in [0, 0.1) is 0 Å². The van der Waals surface area contributed by atoms with Crippen LogP contribution in [0.4, 0.5) is 17.5 Å². The average Bonchev–Trinajstić information content (AvgIpc) is 2.98. The molecule has 0 fully saturated rings. The number of anilines is 3. The maximum Gasteiger partial charge on any atom is 0.139 e. The number of nitrogens with zero attached hydrogens (tertiary/aromatic N) is 4. The Morgan fingerprint density at radius 1 is 1.26 bits per heavy atom. The van der Waals surface area contributed by atoms with E-state index in [0.717, 1.165) is 30.4 Å². The lowest BCUT2D eigenvalue weighted by Crippen LogP contribution is -2.21. The van der Waals surface area contributed by atoms with Gasteiger partial charge in [-0.15, -0.1) is 0 Å². The Morgan fingerprint density at radius 2 is 2.05 bits per heavy atom. The predicted octanol–water partition coefficient (Wildman–Crippen LogP) is 1.39. The maximum absolute atomic E-state index is 8.86. The normalized spacial score (nSPS) is 10.5. The van der Waals surface area contributed by atoms with Crippen molar-refractivity contribution in [3.05, 3.63) is 30.7 Å². The van der Waals surface area contributed by atoms with Gasteiger partial charge in [-0.25, -0.2) is 9.97 Å². The summed E-state index contributed by atoms with van der Waals surface area (Å²) in [5.41, 5.74) is 0. The molecule has 0 saturated heterocycles. The molecule has 0 aliphatic carbocycles. The van der Waals surface area contributed by atoms with E-state index in [9.17, 15) is 0 Å². The minimum absolute atomic E-state index is 0.185. The van der Waals surface area contributed by atoms with Gasteiger partial charge < -0.3 is 19.9 Å². The molecule has 0 amide bonds. The van der Waals surface area contributed by atoms with Crippen molar-refractivity contribution in [2.24, 2.45) is 0 Å². The van der Waals surface area contributed by atoms with E-state index in [1.54, 1.807) is 6.33 Å². The van der Waals surface area contributed by atoms with Crippen LogP contribution in [0.2, 0.25) is 0 Å². The van der Waals surface area contributed by atoms with Crippen molar-refractivity contribution in [3.8, 4) is 0 Å². The topological polar surface area (TPSA) is 68.3 Å². The quantitative estimate of drug-likeness (QED) is 0.822. The summed E-state index contributed by atoms with van der Waals surface area (Å²) in [6.07, 6.45) is 4.16. The lowest BCUT2D eigenvalue weighted by atomic mass is 10.4. The Balaban J connectivity index is 2.15. The van der Waals surface area contributed by atoms with Gasteiger partial charge in [0.25, 0.3) is 0 Å². The van der Waals surface area contributed by atoms with Crippen LogP contribution in [0.15, 0.2) is 30.7 Å². The molecule has 0 radical (unpaired) electrons. The summed E-state index contributed by atoms with van der Waals surface area (Å²) >= 11 is 0. The number of hydrogen-bond acceptors (Lipinski definition) is 5. The standard InChI is InChI=1S/C13H19N5O/c1-17(7-4-8-19)12-9-13(16-10-15-12)18(2)11-5-3-6-14-11/h3,5-6,9-10,14,19H,4,7-8H2,1-2H3. The van der Waals surface area contributed by atoms with Gasteiger partial charge in [0.2, 0.25) is 0 Å². The van der Waals surface area contributed by atoms with E-state index < -0.39 is 0 Å². The van der Waals surface area contributed by atoms with Gasteiger partial charge in [-0.1, -0.05) is 0 Å². The molecule has 19 heavy (non-hydrogen) atoms. The van der Waals surface area contributed by atoms with Gasteiger partial charge in [0.05, 0.1) is 0 Å². The second-order valence-electron chi connectivity index (χ2n) is 4.35. The number of aromatic amines is 1. The molecule has 102 valence electrons. The molecule has 0 saturated carbocycles. The van der Waals surface area contributed by atoms with Crippen LogP contribution in [-0.2, 0) is 0 Å². The fourth-order valence-electron chi connectivity index (χ4n) is 1.80. The molecule has 2 rings (SSSR count). The average molecular weight is 261 g/mol. The van der Waals surface area contributed by atoms with Crippen molar-refractivity contribution in [3.63, 3.8) is 0 Å². The van der Waals surface area contributed by atoms with Crippen LogP contribution >= 0.6 is 0 Å². The van der Waals surface area contributed by atoms with Crippen LogP contribution in [0.25, 0.3) is 0 Å². The van der Waals surface area contributed by atoms with Gasteiger partial charge in [0, 0.05) is 39.5 Å². The van der Waals surface area contributed by atoms with E-state index in [4.69, 9.17) is 5.11 Å². The predicted molar refractivity (Wildman–Crippen MR) is 75.9 cm³/mol. The summed E-state index contributed by atoms with van der Waals surface area (Å²) in [6, 6.07) is 5.86. The summed E-state index contributed by atoms with van der Waals surface area (Å²) in [7, 11) is 3.90. The molecule has 2 N–H and O–H groups in total. The third-order valence-corrected chi connectivity index (χ3v) is 2.97. The number of H-pyrrole nitrogens is 1. The number of hydrogen-bond donors (Lipinski definition) is 2. The lowest BCUT2D eigenvalue weighted by Gasteiger charge is -2.20. The molecular weight excluding hydrogens is 242 g/mol. The zero-order valence-electron chi connectivity index (χ0n) is 11.2. The second-order valence-corrected chi connectivity index (χ2v) is 4.35. The van der Waals surface area contributed by atoms with Gasteiger partial charge in [0.15, 0.2) is 0 Å². The zero-order chi connectivity index (χ0) is 13.7. The Bertz CT molecular complexity index is 499. The third kappa shape index (κ3) is 3.23. The van der Waals surface area contributed by atoms with E-state index in [1.165, 1.54) is 0 Å². The molecule has 2 aromatic heterocycles. The second kappa shape index (κ2) is 6.19. The maximum atomic E-state index is 8.86. The minimum atomic E-state index is 0.185. The fourth-order valence-corrected chi connectivity index (χ4v) is 1.80. The summed E-state index contributed by atoms with van der Waals surface area (Å²) < 4.78 is 0. The third-order valence-electron chi connectivity index (χ3n) is 2.97. The first-order chi connectivity index (χ1) is 9.22. The Hall–Kier alpha value is -2.08. The molecule has 2 aromatic rings. The van der Waals surface area contributed by atoms with Crippen molar-refractivity contribution in [2.45, 2.75) is 6.42 Å². The summed E-state index contributed by atoms with van der Waals surface area (Å²) in [5.74, 6) is 2.64. The first-order valence-electron chi connectivity index (χ1n) is 6.23. The van der Waals surface area contributed by atoms with Crippen molar-refractivity contribution >= 4 is 17.5 Å². The van der Waals surface area contributed by atoms with E-state index in [-0.39, 0.29) is 6.61 Å². The zero-order valence-corrected chi connectivity index (χ0v) is 11.2. The molecule has 0 aliphatic heterocycles. The summed E-state index contributed by atoms with van der Waals surface area (Å²) in [6.45, 7) is 0.948. The van der Waals surface area contributed by atoms with Gasteiger partial charge >= 0.3 is 0 Å². The smallest absolute Gasteiger partial charge is 0.139 e. The highest BCUT2D eigenvalue weighted by atomic mass is 16.3. The van der Waals surface area contributed by atoms with Crippen LogP contribution in [-0.4, -0.2) is 47.3 Å². The number of rotatable bonds is 6. The number of aromatic nitrogens is 3. The van der Waals surface area contributed by atoms with E-state index in [2.05, 4.69) is 15.0 Å². The van der Waals surface area contributed by atoms with E-state index in [0.29, 0.717) is 0 Å². The van der Waals surface area contributed by atoms with E-state index >= 15 is 0 Å². The molecule has 6 nitrogen and oxygen atoms in total.